The molecule has 2 rings (SSSR count). The third-order valence-electron chi connectivity index (χ3n) is 2.71. The molecule has 1 unspecified atom stereocenters. The summed E-state index contributed by atoms with van der Waals surface area (Å²) < 4.78 is 38.0. The highest BCUT2D eigenvalue weighted by atomic mass is 32.1. The van der Waals surface area contributed by atoms with E-state index in [1.807, 2.05) is 0 Å². The molecule has 2 nitrogen and oxygen atoms in total. The largest absolute Gasteiger partial charge is 0.434 e. The minimum Gasteiger partial charge on any atom is -0.316 e. The monoisotopic (exact) mass is 250 g/mol. The molecule has 0 aliphatic carbocycles. The topological polar surface area (TPSA) is 24.9 Å². The number of nitrogens with one attached hydrogen (secondary N) is 1. The summed E-state index contributed by atoms with van der Waals surface area (Å²) >= 11 is 1.21. The van der Waals surface area contributed by atoms with E-state index >= 15 is 0 Å². The van der Waals surface area contributed by atoms with Crippen LogP contribution in [0.3, 0.4) is 0 Å². The molecule has 1 saturated heterocycles. The van der Waals surface area contributed by atoms with Gasteiger partial charge in [-0.2, -0.15) is 13.2 Å². The Morgan fingerprint density at radius 3 is 2.69 bits per heavy atom. The second-order valence-electron chi connectivity index (χ2n) is 3.86. The number of aryl methyl sites for hydroxylation is 1. The van der Waals surface area contributed by atoms with Crippen molar-refractivity contribution < 1.29 is 13.2 Å². The maximum atomic E-state index is 12.7. The molecular weight excluding hydrogens is 237 g/mol. The summed E-state index contributed by atoms with van der Waals surface area (Å²) in [5.74, 6) is 0.159. The van der Waals surface area contributed by atoms with Crippen molar-refractivity contribution in [2.24, 2.45) is 0 Å². The zero-order valence-corrected chi connectivity index (χ0v) is 9.71. The molecule has 0 amide bonds. The Kier molecular flexibility index (Phi) is 3.21. The van der Waals surface area contributed by atoms with E-state index in [1.165, 1.54) is 11.3 Å². The Labute approximate surface area is 95.9 Å². The summed E-state index contributed by atoms with van der Waals surface area (Å²) in [6, 6.07) is 0. The minimum absolute atomic E-state index is 0.159. The fraction of sp³-hybridized carbons (Fsp3) is 0.700. The molecule has 90 valence electrons. The van der Waals surface area contributed by atoms with Crippen LogP contribution >= 0.6 is 11.3 Å². The Bertz CT molecular complexity index is 367. The van der Waals surface area contributed by atoms with Crippen LogP contribution in [0.1, 0.15) is 34.8 Å². The lowest BCUT2D eigenvalue weighted by Crippen LogP contribution is -2.10. The van der Waals surface area contributed by atoms with Gasteiger partial charge in [-0.3, -0.25) is 0 Å². The molecule has 1 aliphatic heterocycles. The van der Waals surface area contributed by atoms with Gasteiger partial charge in [0.2, 0.25) is 0 Å². The van der Waals surface area contributed by atoms with Gasteiger partial charge in [-0.1, -0.05) is 6.92 Å². The van der Waals surface area contributed by atoms with Crippen LogP contribution in [0.5, 0.6) is 0 Å². The molecule has 0 saturated carbocycles. The highest BCUT2D eigenvalue weighted by molar-refractivity contribution is 7.11. The van der Waals surface area contributed by atoms with Gasteiger partial charge in [0.1, 0.15) is 0 Å². The van der Waals surface area contributed by atoms with Crippen molar-refractivity contribution in [1.29, 1.82) is 0 Å². The number of rotatable bonds is 2. The predicted molar refractivity (Wildman–Crippen MR) is 56.7 cm³/mol. The van der Waals surface area contributed by atoms with Crippen LogP contribution in [-0.2, 0) is 12.6 Å². The molecule has 0 spiro atoms. The molecule has 0 bridgehead atoms. The molecule has 2 heterocycles. The van der Waals surface area contributed by atoms with E-state index < -0.39 is 11.9 Å². The van der Waals surface area contributed by atoms with Crippen LogP contribution in [-0.4, -0.2) is 18.1 Å². The van der Waals surface area contributed by atoms with Gasteiger partial charge in [0, 0.05) is 17.3 Å². The summed E-state index contributed by atoms with van der Waals surface area (Å²) in [5, 5.41) is 3.78. The summed E-state index contributed by atoms with van der Waals surface area (Å²) in [5.41, 5.74) is -0.679. The van der Waals surface area contributed by atoms with Crippen molar-refractivity contribution in [2.45, 2.75) is 31.9 Å². The lowest BCUT2D eigenvalue weighted by Gasteiger charge is -2.04. The number of alkyl halides is 3. The smallest absolute Gasteiger partial charge is 0.316 e. The van der Waals surface area contributed by atoms with Crippen LogP contribution < -0.4 is 5.32 Å². The zero-order valence-electron chi connectivity index (χ0n) is 8.90. The number of aromatic nitrogens is 1. The maximum Gasteiger partial charge on any atom is 0.434 e. The molecule has 1 N–H and O–H groups in total. The fourth-order valence-electron chi connectivity index (χ4n) is 1.87. The average Bonchev–Trinajstić information content (AvgIpc) is 2.85. The van der Waals surface area contributed by atoms with Crippen LogP contribution in [0.2, 0.25) is 0 Å². The first-order chi connectivity index (χ1) is 7.52. The summed E-state index contributed by atoms with van der Waals surface area (Å²) in [7, 11) is 0. The van der Waals surface area contributed by atoms with Gasteiger partial charge < -0.3 is 5.32 Å². The zero-order chi connectivity index (χ0) is 11.8. The fourth-order valence-corrected chi connectivity index (χ4v) is 3.03. The van der Waals surface area contributed by atoms with Crippen molar-refractivity contribution >= 4 is 11.3 Å². The summed E-state index contributed by atoms with van der Waals surface area (Å²) in [6.45, 7) is 3.35. The van der Waals surface area contributed by atoms with Gasteiger partial charge >= 0.3 is 6.18 Å². The highest BCUT2D eigenvalue weighted by Gasteiger charge is 2.37. The second kappa shape index (κ2) is 4.33. The lowest BCUT2D eigenvalue weighted by molar-refractivity contribution is -0.141. The van der Waals surface area contributed by atoms with E-state index in [4.69, 9.17) is 0 Å². The average molecular weight is 250 g/mol. The van der Waals surface area contributed by atoms with E-state index in [0.29, 0.717) is 16.3 Å². The third-order valence-corrected chi connectivity index (χ3v) is 4.08. The van der Waals surface area contributed by atoms with Crippen LogP contribution in [0.15, 0.2) is 0 Å². The number of hydrogen-bond donors (Lipinski definition) is 1. The Morgan fingerprint density at radius 1 is 1.50 bits per heavy atom. The van der Waals surface area contributed by atoms with Crippen molar-refractivity contribution in [3.63, 3.8) is 0 Å². The molecule has 1 aromatic rings. The number of hydrogen-bond acceptors (Lipinski definition) is 3. The van der Waals surface area contributed by atoms with E-state index in [0.717, 1.165) is 19.5 Å². The Hall–Kier alpha value is -0.620. The predicted octanol–water partition coefficient (Wildman–Crippen LogP) is 2.80. The number of halogens is 3. The van der Waals surface area contributed by atoms with E-state index in [1.54, 1.807) is 6.92 Å². The molecule has 6 heteroatoms. The minimum atomic E-state index is -4.31. The first-order valence-corrected chi connectivity index (χ1v) is 6.11. The molecule has 1 aromatic heterocycles. The van der Waals surface area contributed by atoms with Gasteiger partial charge in [-0.25, -0.2) is 4.98 Å². The quantitative estimate of drug-likeness (QED) is 0.873. The Balaban J connectivity index is 2.31. The van der Waals surface area contributed by atoms with E-state index in [9.17, 15) is 13.2 Å². The van der Waals surface area contributed by atoms with E-state index in [-0.39, 0.29) is 5.92 Å². The summed E-state index contributed by atoms with van der Waals surface area (Å²) in [6.07, 6.45) is -3.03. The van der Waals surface area contributed by atoms with Gasteiger partial charge in [-0.15, -0.1) is 11.3 Å². The van der Waals surface area contributed by atoms with Gasteiger partial charge in [0.25, 0.3) is 0 Å². The highest BCUT2D eigenvalue weighted by Crippen LogP contribution is 2.37. The Morgan fingerprint density at radius 2 is 2.25 bits per heavy atom. The summed E-state index contributed by atoms with van der Waals surface area (Å²) in [4.78, 5) is 4.14. The number of thiazole rings is 1. The molecule has 1 fully saturated rings. The van der Waals surface area contributed by atoms with Gasteiger partial charge in [0.05, 0.1) is 5.01 Å². The lowest BCUT2D eigenvalue weighted by atomic mass is 10.1. The van der Waals surface area contributed by atoms with Crippen molar-refractivity contribution in [3.05, 3.63) is 15.6 Å². The first-order valence-electron chi connectivity index (χ1n) is 5.30. The van der Waals surface area contributed by atoms with E-state index in [2.05, 4.69) is 10.3 Å². The molecular formula is C10H13F3N2S. The van der Waals surface area contributed by atoms with Gasteiger partial charge in [0.15, 0.2) is 5.69 Å². The van der Waals surface area contributed by atoms with Crippen LogP contribution in [0.25, 0.3) is 0 Å². The van der Waals surface area contributed by atoms with Crippen molar-refractivity contribution in [3.8, 4) is 0 Å². The third kappa shape index (κ3) is 2.22. The van der Waals surface area contributed by atoms with Crippen molar-refractivity contribution in [2.75, 3.05) is 13.1 Å². The normalized spacial score (nSPS) is 21.6. The van der Waals surface area contributed by atoms with Crippen LogP contribution in [0, 0.1) is 0 Å². The standard InChI is InChI=1S/C10H13F3N2S/c1-2-7-8(10(11,12)13)15-9(16-7)6-3-4-14-5-6/h6,14H,2-5H2,1H3. The van der Waals surface area contributed by atoms with Crippen molar-refractivity contribution in [1.82, 2.24) is 10.3 Å². The van der Waals surface area contributed by atoms with Crippen LogP contribution in [0.4, 0.5) is 13.2 Å². The van der Waals surface area contributed by atoms with Gasteiger partial charge in [-0.05, 0) is 19.4 Å². The maximum absolute atomic E-state index is 12.7. The molecule has 0 aromatic carbocycles. The molecule has 16 heavy (non-hydrogen) atoms. The molecule has 0 radical (unpaired) electrons. The number of nitrogens with zero attached hydrogens (tertiary/aromatic N) is 1. The molecule has 1 aliphatic rings. The molecule has 1 atom stereocenters. The SMILES string of the molecule is CCc1sc(C2CCNC2)nc1C(F)(F)F. The first kappa shape index (κ1) is 11.9. The second-order valence-corrected chi connectivity index (χ2v) is 4.98.